The molecule has 0 bridgehead atoms. The number of hydrogen-bond donors (Lipinski definition) is 1. The van der Waals surface area contributed by atoms with Gasteiger partial charge in [0.05, 0.1) is 14.4 Å². The van der Waals surface area contributed by atoms with Gasteiger partial charge in [-0.05, 0) is 28.4 Å². The zero-order valence-electron chi connectivity index (χ0n) is 10.3. The molecule has 0 amide bonds. The van der Waals surface area contributed by atoms with Gasteiger partial charge < -0.3 is 15.6 Å². The molecule has 1 aromatic rings. The largest absolute Gasteiger partial charge is 0.544 e. The second-order valence-corrected chi connectivity index (χ2v) is 7.84. The topological polar surface area (TPSA) is 67.8 Å². The van der Waals surface area contributed by atoms with Crippen molar-refractivity contribution < 1.29 is 15.6 Å². The Hall–Kier alpha value is -0.730. The first-order valence-electron chi connectivity index (χ1n) is 5.52. The summed E-state index contributed by atoms with van der Waals surface area (Å²) in [7, 11) is 0. The first-order chi connectivity index (χ1) is 9.66. The van der Waals surface area contributed by atoms with Gasteiger partial charge in [-0.1, -0.05) is 65.2 Å². The Morgan fingerprint density at radius 1 is 1.00 bits per heavy atom. The van der Waals surface area contributed by atoms with E-state index in [1.54, 1.807) is 28.9 Å². The van der Waals surface area contributed by atoms with Crippen molar-refractivity contribution in [2.75, 3.05) is 0 Å². The molecule has 0 aliphatic carbocycles. The van der Waals surface area contributed by atoms with Gasteiger partial charge in [-0.15, -0.1) is 0 Å². The first kappa shape index (κ1) is 15.7. The molecule has 0 radical (unpaired) electrons. The quantitative estimate of drug-likeness (QED) is 0.847. The van der Waals surface area contributed by atoms with Crippen LogP contribution in [-0.4, -0.2) is 5.97 Å². The summed E-state index contributed by atoms with van der Waals surface area (Å²) >= 11 is 5.98. The van der Waals surface area contributed by atoms with Gasteiger partial charge in [0, 0.05) is 4.91 Å². The van der Waals surface area contributed by atoms with E-state index in [4.69, 9.17) is 0 Å². The van der Waals surface area contributed by atoms with Crippen molar-refractivity contribution in [1.29, 1.82) is 0 Å². The summed E-state index contributed by atoms with van der Waals surface area (Å²) in [6, 6.07) is 9.87. The van der Waals surface area contributed by atoms with Crippen LogP contribution in [0.5, 0.6) is 0 Å². The summed E-state index contributed by atoms with van der Waals surface area (Å²) < 4.78 is 2.20. The van der Waals surface area contributed by atoms with Gasteiger partial charge in [-0.3, -0.25) is 0 Å². The molecule has 3 N–H and O–H groups in total. The highest BCUT2D eigenvalue weighted by molar-refractivity contribution is 8.33. The van der Waals surface area contributed by atoms with Crippen molar-refractivity contribution >= 4 is 58.7 Å². The molecule has 3 nitrogen and oxygen atoms in total. The van der Waals surface area contributed by atoms with Crippen LogP contribution >= 0.6 is 47.0 Å². The zero-order chi connectivity index (χ0) is 14.4. The van der Waals surface area contributed by atoms with Gasteiger partial charge in [-0.2, -0.15) is 0 Å². The third-order valence-corrected chi connectivity index (χ3v) is 7.09. The maximum absolute atomic E-state index is 10.5. The van der Waals surface area contributed by atoms with Crippen molar-refractivity contribution in [3.8, 4) is 0 Å². The number of carboxylic acid groups (broad SMARTS) is 1. The van der Waals surface area contributed by atoms with Crippen molar-refractivity contribution in [2.24, 2.45) is 0 Å². The third-order valence-electron chi connectivity index (χ3n) is 2.09. The number of benzene rings is 1. The molecule has 0 aromatic heterocycles. The number of hydrogen-bond acceptors (Lipinski definition) is 6. The van der Waals surface area contributed by atoms with Crippen molar-refractivity contribution in [3.05, 3.63) is 59.9 Å². The minimum Gasteiger partial charge on any atom is -0.544 e. The minimum atomic E-state index is -1.09. The van der Waals surface area contributed by atoms with Crippen LogP contribution < -0.4 is 10.8 Å². The fourth-order valence-corrected chi connectivity index (χ4v) is 5.49. The van der Waals surface area contributed by atoms with Gasteiger partial charge >= 0.3 is 0 Å². The molecule has 2 aliphatic rings. The minimum absolute atomic E-state index is 0.306. The number of carbonyl (C=O) groups is 1. The van der Waals surface area contributed by atoms with Crippen LogP contribution in [0.25, 0.3) is 0 Å². The Labute approximate surface area is 134 Å². The Morgan fingerprint density at radius 3 is 2.10 bits per heavy atom. The Balaban J connectivity index is 0.000000178. The Morgan fingerprint density at radius 2 is 1.65 bits per heavy atom. The van der Waals surface area contributed by atoms with E-state index in [1.165, 1.54) is 23.5 Å². The van der Waals surface area contributed by atoms with E-state index in [-0.39, 0.29) is 0 Å². The molecular weight excluding hydrogens is 330 g/mol. The molecule has 0 unspecified atom stereocenters. The fraction of sp³-hybridized carbons (Fsp3) is 0. The molecule has 0 spiro atoms. The second kappa shape index (κ2) is 7.90. The van der Waals surface area contributed by atoms with Gasteiger partial charge in [0.15, 0.2) is 0 Å². The van der Waals surface area contributed by atoms with Gasteiger partial charge in [-0.25, -0.2) is 0 Å². The molecule has 0 atom stereocenters. The number of thioether (sulfide) groups is 4. The maximum Gasteiger partial charge on any atom is 0.127 e. The predicted molar refractivity (Wildman–Crippen MR) is 88.6 cm³/mol. The molecular formula is C13H11NO2S4. The molecule has 104 valence electrons. The van der Waals surface area contributed by atoms with Crippen molar-refractivity contribution in [1.82, 2.24) is 0 Å². The second-order valence-electron chi connectivity index (χ2n) is 3.56. The van der Waals surface area contributed by atoms with Crippen molar-refractivity contribution in [3.63, 3.8) is 0 Å². The summed E-state index contributed by atoms with van der Waals surface area (Å²) in [5, 5.41) is 16.1. The summed E-state index contributed by atoms with van der Waals surface area (Å²) in [6.45, 7) is 0. The summed E-state index contributed by atoms with van der Waals surface area (Å²) in [5.41, 5.74) is 4.79. The van der Waals surface area contributed by atoms with E-state index in [0.717, 1.165) is 14.2 Å². The van der Waals surface area contributed by atoms with Crippen LogP contribution in [0, 0.1) is 0 Å². The maximum atomic E-state index is 10.5. The van der Waals surface area contributed by atoms with E-state index >= 15 is 0 Å². The number of carbonyl (C=O) groups excluding carboxylic acids is 1. The molecule has 7 heteroatoms. The molecule has 2 aliphatic heterocycles. The fourth-order valence-electron chi connectivity index (χ4n) is 1.22. The molecule has 3 rings (SSSR count). The average molecular weight is 342 g/mol. The van der Waals surface area contributed by atoms with Crippen LogP contribution in [0.1, 0.15) is 0 Å². The lowest BCUT2D eigenvalue weighted by molar-refractivity contribution is -0.298. The average Bonchev–Trinajstić information content (AvgIpc) is 3.11. The van der Waals surface area contributed by atoms with Crippen LogP contribution in [0.4, 0.5) is 5.69 Å². The highest BCUT2D eigenvalue weighted by atomic mass is 32.2. The number of carboxylic acids is 1. The Bertz CT molecular complexity index is 571. The third kappa shape index (κ3) is 4.68. The highest BCUT2D eigenvalue weighted by Gasteiger charge is 2.18. The van der Waals surface area contributed by atoms with Gasteiger partial charge in [0.25, 0.3) is 0 Å². The molecule has 20 heavy (non-hydrogen) atoms. The molecule has 0 fully saturated rings. The zero-order valence-corrected chi connectivity index (χ0v) is 13.5. The van der Waals surface area contributed by atoms with Gasteiger partial charge in [0.1, 0.15) is 5.69 Å². The van der Waals surface area contributed by atoms with Crippen LogP contribution in [0.3, 0.4) is 0 Å². The first-order valence-corrected chi connectivity index (χ1v) is 8.98. The van der Waals surface area contributed by atoms with E-state index in [0.29, 0.717) is 4.91 Å². The number of rotatable bonds is 1. The lowest BCUT2D eigenvalue weighted by Gasteiger charge is -2.02. The molecule has 0 saturated carbocycles. The molecule has 0 saturated heterocycles. The van der Waals surface area contributed by atoms with E-state index in [1.807, 2.05) is 41.1 Å². The SMILES string of the molecule is O=C([O-])C1=CSC(=C2SC=CS2)S1.[NH3+]c1ccccc1. The van der Waals surface area contributed by atoms with Gasteiger partial charge in [0.2, 0.25) is 0 Å². The summed E-state index contributed by atoms with van der Waals surface area (Å²) in [4.78, 5) is 10.8. The normalized spacial score (nSPS) is 16.8. The van der Waals surface area contributed by atoms with Crippen LogP contribution in [-0.2, 0) is 4.79 Å². The predicted octanol–water partition coefficient (Wildman–Crippen LogP) is 2.70. The lowest BCUT2D eigenvalue weighted by atomic mass is 10.3. The number of quaternary nitrogens is 1. The van der Waals surface area contributed by atoms with E-state index in [2.05, 4.69) is 5.73 Å². The monoisotopic (exact) mass is 341 g/mol. The highest BCUT2D eigenvalue weighted by Crippen LogP contribution is 2.52. The summed E-state index contributed by atoms with van der Waals surface area (Å²) in [6.07, 6.45) is 0. The standard InChI is InChI=1S/C7H4O2S4.C6H7N/c8-5(9)4-3-12-7(13-4)6-10-1-2-11-6;7-6-4-2-1-3-5-6/h1-3H,(H,8,9);1-5H,7H2. The van der Waals surface area contributed by atoms with E-state index in [9.17, 15) is 9.90 Å². The summed E-state index contributed by atoms with van der Waals surface area (Å²) in [5.74, 6) is -1.09. The molecule has 2 heterocycles. The lowest BCUT2D eigenvalue weighted by Crippen LogP contribution is -2.39. The smallest absolute Gasteiger partial charge is 0.127 e. The Kier molecular flexibility index (Phi) is 6.18. The van der Waals surface area contributed by atoms with E-state index < -0.39 is 5.97 Å². The van der Waals surface area contributed by atoms with Crippen LogP contribution in [0.2, 0.25) is 0 Å². The number of aliphatic carboxylic acids is 1. The molecule has 1 aromatic carbocycles. The van der Waals surface area contributed by atoms with Crippen molar-refractivity contribution in [2.45, 2.75) is 0 Å². The van der Waals surface area contributed by atoms with Crippen LogP contribution in [0.15, 0.2) is 59.9 Å².